The van der Waals surface area contributed by atoms with Gasteiger partial charge < -0.3 is 10.6 Å². The lowest BCUT2D eigenvalue weighted by atomic mass is 9.81. The number of rotatable bonds is 10. The maximum Gasteiger partial charge on any atom is 0.389 e. The van der Waals surface area contributed by atoms with Gasteiger partial charge in [0.25, 0.3) is 5.91 Å². The molecule has 0 saturated heterocycles. The van der Waals surface area contributed by atoms with E-state index >= 15 is 0 Å². The molecule has 14 heteroatoms. The van der Waals surface area contributed by atoms with Crippen LogP contribution in [0.2, 0.25) is 0 Å². The molecule has 2 atom stereocenters. The molecule has 3 aromatic rings. The number of nitrogens with zero attached hydrogens (tertiary/aromatic N) is 5. The van der Waals surface area contributed by atoms with Crippen molar-refractivity contribution in [3.8, 4) is 0 Å². The third-order valence-electron chi connectivity index (χ3n) is 7.57. The highest BCUT2D eigenvalue weighted by Gasteiger charge is 2.39. The molecule has 0 radical (unpaired) electrons. The van der Waals surface area contributed by atoms with Gasteiger partial charge in [-0.1, -0.05) is 13.8 Å². The van der Waals surface area contributed by atoms with Crippen LogP contribution >= 0.6 is 0 Å². The van der Waals surface area contributed by atoms with Crippen molar-refractivity contribution in [3.05, 3.63) is 47.7 Å². The minimum atomic E-state index is -4.44. The first-order chi connectivity index (χ1) is 19.6. The number of nitrogens with one attached hydrogen (secondary N) is 2. The molecule has 1 fully saturated rings. The molecule has 1 unspecified atom stereocenters. The lowest BCUT2D eigenvalue weighted by molar-refractivity contribution is -0.144. The number of imidazole rings is 1. The summed E-state index contributed by atoms with van der Waals surface area (Å²) in [6.45, 7) is 7.42. The van der Waals surface area contributed by atoms with Crippen LogP contribution in [0.1, 0.15) is 106 Å². The summed E-state index contributed by atoms with van der Waals surface area (Å²) in [4.78, 5) is 30.3. The molecular formula is C28H36F5N7O2. The summed E-state index contributed by atoms with van der Waals surface area (Å²) in [5.41, 5.74) is 1.70. The summed E-state index contributed by atoms with van der Waals surface area (Å²) in [7, 11) is 0. The number of carbonyl (C=O) groups excluding carboxylic acids is 2. The van der Waals surface area contributed by atoms with Gasteiger partial charge in [0.2, 0.25) is 11.8 Å². The second-order valence-electron chi connectivity index (χ2n) is 11.6. The Balaban J connectivity index is 1.62. The van der Waals surface area contributed by atoms with Gasteiger partial charge in [-0.25, -0.2) is 18.3 Å². The second kappa shape index (κ2) is 12.3. The quantitative estimate of drug-likeness (QED) is 0.281. The van der Waals surface area contributed by atoms with E-state index in [2.05, 4.69) is 25.8 Å². The van der Waals surface area contributed by atoms with E-state index in [1.165, 1.54) is 16.9 Å². The summed E-state index contributed by atoms with van der Waals surface area (Å²) >= 11 is 0. The first-order valence-electron chi connectivity index (χ1n) is 14.1. The van der Waals surface area contributed by atoms with E-state index in [1.54, 1.807) is 23.0 Å². The molecule has 0 spiro atoms. The van der Waals surface area contributed by atoms with E-state index in [4.69, 9.17) is 0 Å². The normalized spacial score (nSPS) is 17.5. The zero-order valence-corrected chi connectivity index (χ0v) is 24.0. The molecule has 0 aliphatic heterocycles. The Morgan fingerprint density at radius 2 is 1.79 bits per heavy atom. The fourth-order valence-corrected chi connectivity index (χ4v) is 5.32. The molecule has 3 heterocycles. The van der Waals surface area contributed by atoms with Gasteiger partial charge in [-0.15, -0.1) is 0 Å². The van der Waals surface area contributed by atoms with E-state index in [1.807, 2.05) is 27.7 Å². The highest BCUT2D eigenvalue weighted by molar-refractivity contribution is 5.92. The Hall–Kier alpha value is -3.58. The standard InChI is InChI=1S/C28H36F5N7O2/c1-16(2)24(37-23(41)7-11-28(31,32)33)19-13-22-36-20(15-39(22)35-14-19)25(18-5-9-27(29,30)10-6-18)38-26(42)21-8-12-34-40(21)17(3)4/h8,12-18,24-25H,5-7,9-11H2,1-4H3,(H,37,41)(H,38,42)/t24?,25-/m0/s1. The maximum absolute atomic E-state index is 14.0. The predicted molar refractivity (Wildman–Crippen MR) is 144 cm³/mol. The van der Waals surface area contributed by atoms with Crippen molar-refractivity contribution in [1.29, 1.82) is 0 Å². The van der Waals surface area contributed by atoms with Crippen LogP contribution in [-0.4, -0.2) is 48.3 Å². The topological polar surface area (TPSA) is 106 Å². The number of hydrogen-bond donors (Lipinski definition) is 2. The van der Waals surface area contributed by atoms with Crippen LogP contribution in [0.15, 0.2) is 30.7 Å². The molecule has 230 valence electrons. The van der Waals surface area contributed by atoms with Crippen molar-refractivity contribution < 1.29 is 31.5 Å². The summed E-state index contributed by atoms with van der Waals surface area (Å²) < 4.78 is 68.9. The van der Waals surface area contributed by atoms with Gasteiger partial charge >= 0.3 is 6.18 Å². The van der Waals surface area contributed by atoms with Crippen molar-refractivity contribution in [3.63, 3.8) is 0 Å². The number of fused-ring (bicyclic) bond motifs is 1. The number of alkyl halides is 5. The van der Waals surface area contributed by atoms with Crippen molar-refractivity contribution in [1.82, 2.24) is 35.0 Å². The molecule has 1 aliphatic rings. The SMILES string of the molecule is CC(C)C(NC(=O)CCC(F)(F)F)c1cnn2cc([C@@H](NC(=O)c3ccnn3C(C)C)C3CCC(F)(F)CC3)nc2c1. The maximum atomic E-state index is 14.0. The van der Waals surface area contributed by atoms with Gasteiger partial charge in [0.1, 0.15) is 5.69 Å². The van der Waals surface area contributed by atoms with Crippen LogP contribution in [0.25, 0.3) is 5.65 Å². The van der Waals surface area contributed by atoms with E-state index in [-0.39, 0.29) is 43.6 Å². The third-order valence-corrected chi connectivity index (χ3v) is 7.57. The largest absolute Gasteiger partial charge is 0.389 e. The molecule has 9 nitrogen and oxygen atoms in total. The predicted octanol–water partition coefficient (Wildman–Crippen LogP) is 5.96. The molecule has 1 saturated carbocycles. The molecule has 42 heavy (non-hydrogen) atoms. The number of carbonyl (C=O) groups is 2. The molecule has 1 aliphatic carbocycles. The monoisotopic (exact) mass is 597 g/mol. The number of halogens is 5. The molecule has 2 amide bonds. The Morgan fingerprint density at radius 3 is 2.40 bits per heavy atom. The number of amides is 2. The highest BCUT2D eigenvalue weighted by Crippen LogP contribution is 2.41. The van der Waals surface area contributed by atoms with E-state index in [0.717, 1.165) is 0 Å². The van der Waals surface area contributed by atoms with E-state index in [0.29, 0.717) is 22.6 Å². The minimum Gasteiger partial charge on any atom is -0.349 e. The van der Waals surface area contributed by atoms with Gasteiger partial charge in [-0.3, -0.25) is 14.3 Å². The van der Waals surface area contributed by atoms with Crippen molar-refractivity contribution >= 4 is 17.5 Å². The summed E-state index contributed by atoms with van der Waals surface area (Å²) in [5, 5.41) is 14.3. The third kappa shape index (κ3) is 7.62. The smallest absolute Gasteiger partial charge is 0.349 e. The summed E-state index contributed by atoms with van der Waals surface area (Å²) in [6, 6.07) is 1.89. The first kappa shape index (κ1) is 31.4. The van der Waals surface area contributed by atoms with Gasteiger partial charge in [0.15, 0.2) is 5.65 Å². The van der Waals surface area contributed by atoms with E-state index < -0.39 is 48.8 Å². The molecule has 0 aromatic carbocycles. The van der Waals surface area contributed by atoms with Gasteiger partial charge in [0, 0.05) is 31.5 Å². The summed E-state index contributed by atoms with van der Waals surface area (Å²) in [6.07, 6.45) is -1.91. The minimum absolute atomic E-state index is 0.0757. The van der Waals surface area contributed by atoms with Crippen LogP contribution in [0.3, 0.4) is 0 Å². The van der Waals surface area contributed by atoms with Crippen molar-refractivity contribution in [2.75, 3.05) is 0 Å². The van der Waals surface area contributed by atoms with Gasteiger partial charge in [-0.05, 0) is 56.2 Å². The van der Waals surface area contributed by atoms with E-state index in [9.17, 15) is 31.5 Å². The lowest BCUT2D eigenvalue weighted by Crippen LogP contribution is -2.38. The molecule has 4 rings (SSSR count). The van der Waals surface area contributed by atoms with Crippen molar-refractivity contribution in [2.45, 2.75) is 96.4 Å². The Kier molecular flexibility index (Phi) is 9.21. The molecule has 2 N–H and O–H groups in total. The zero-order valence-electron chi connectivity index (χ0n) is 24.0. The molecule has 3 aromatic heterocycles. The van der Waals surface area contributed by atoms with Crippen molar-refractivity contribution in [2.24, 2.45) is 11.8 Å². The molecule has 0 bridgehead atoms. The fourth-order valence-electron chi connectivity index (χ4n) is 5.32. The highest BCUT2D eigenvalue weighted by atomic mass is 19.4. The van der Waals surface area contributed by atoms with Crippen LogP contribution < -0.4 is 10.6 Å². The Bertz CT molecular complexity index is 1390. The van der Waals surface area contributed by atoms with Crippen LogP contribution in [0.5, 0.6) is 0 Å². The van der Waals surface area contributed by atoms with Gasteiger partial charge in [0.05, 0.1) is 36.6 Å². The second-order valence-corrected chi connectivity index (χ2v) is 11.6. The average Bonchev–Trinajstić information content (AvgIpc) is 3.56. The average molecular weight is 598 g/mol. The number of aromatic nitrogens is 5. The zero-order chi connectivity index (χ0) is 30.8. The fraction of sp³-hybridized carbons (Fsp3) is 0.607. The Labute approximate surface area is 240 Å². The summed E-state index contributed by atoms with van der Waals surface area (Å²) in [5.74, 6) is -4.36. The van der Waals surface area contributed by atoms with Crippen LogP contribution in [0.4, 0.5) is 22.0 Å². The Morgan fingerprint density at radius 1 is 1.10 bits per heavy atom. The van der Waals surface area contributed by atoms with Crippen LogP contribution in [-0.2, 0) is 4.79 Å². The lowest BCUT2D eigenvalue weighted by Gasteiger charge is -2.33. The van der Waals surface area contributed by atoms with Crippen LogP contribution in [0, 0.1) is 11.8 Å². The number of hydrogen-bond acceptors (Lipinski definition) is 5. The van der Waals surface area contributed by atoms with Gasteiger partial charge in [-0.2, -0.15) is 23.4 Å². The first-order valence-corrected chi connectivity index (χ1v) is 14.1. The molecular weight excluding hydrogens is 561 g/mol.